The van der Waals surface area contributed by atoms with Crippen molar-refractivity contribution in [3.63, 3.8) is 0 Å². The third-order valence-electron chi connectivity index (χ3n) is 4.58. The Morgan fingerprint density at radius 1 is 0.256 bits per heavy atom. The van der Waals surface area contributed by atoms with E-state index >= 15 is 0 Å². The molecule has 0 aliphatic heterocycles. The maximum absolute atomic E-state index is 5.48. The van der Waals surface area contributed by atoms with Crippen molar-refractivity contribution < 1.29 is 56.2 Å². The van der Waals surface area contributed by atoms with Crippen molar-refractivity contribution in [2.45, 2.75) is 26.7 Å². The van der Waals surface area contributed by atoms with Crippen LogP contribution in [0, 0.1) is 0 Å². The lowest BCUT2D eigenvalue weighted by Crippen LogP contribution is -2.16. The molecular weight excluding hydrogens is 532 g/mol. The van der Waals surface area contributed by atoms with Gasteiger partial charge < -0.3 is 56.2 Å². The monoisotopic (exact) mass is 588 g/mol. The third-order valence-corrected chi connectivity index (χ3v) is 5.49. The number of hydrogen-bond acceptors (Lipinski definition) is 12. The van der Waals surface area contributed by atoms with Crippen molar-refractivity contribution in [2.24, 2.45) is 0 Å². The Kier molecular flexibility index (Phi) is 37.5. The van der Waals surface area contributed by atoms with Crippen LogP contribution in [0.25, 0.3) is 0 Å². The largest absolute Gasteiger partial charge is 0.396 e. The van der Waals surface area contributed by atoms with Crippen LogP contribution in [-0.4, -0.2) is 155 Å². The first-order chi connectivity index (χ1) is 19.4. The summed E-state index contributed by atoms with van der Waals surface area (Å²) in [6.07, 6.45) is 2.05. The Morgan fingerprint density at radius 3 is 0.641 bits per heavy atom. The average molecular weight is 589 g/mol. The van der Waals surface area contributed by atoms with E-state index in [9.17, 15) is 0 Å². The van der Waals surface area contributed by atoms with Crippen molar-refractivity contribution in [3.05, 3.63) is 0 Å². The summed E-state index contributed by atoms with van der Waals surface area (Å²) in [5, 5.41) is 0. The predicted molar refractivity (Wildman–Crippen MR) is 149 cm³/mol. The van der Waals surface area contributed by atoms with Crippen LogP contribution in [0.3, 0.4) is 0 Å². The SMILES string of the molecule is CCCOCCOCCOCCOCCOCCO[SiH2]OCCOCCOCCOCCOCCOCCC. The quantitative estimate of drug-likeness (QED) is 0.0769. The Hall–Kier alpha value is -0.263. The molecule has 0 aliphatic rings. The molecule has 0 N–H and O–H groups in total. The summed E-state index contributed by atoms with van der Waals surface area (Å²) in [5.74, 6) is 0. The first-order valence-corrected chi connectivity index (χ1v) is 15.5. The van der Waals surface area contributed by atoms with Crippen LogP contribution in [0.15, 0.2) is 0 Å². The fourth-order valence-corrected chi connectivity index (χ4v) is 3.25. The van der Waals surface area contributed by atoms with Crippen LogP contribution in [0.1, 0.15) is 26.7 Å². The maximum Gasteiger partial charge on any atom is 0.304 e. The molecule has 236 valence electrons. The van der Waals surface area contributed by atoms with Gasteiger partial charge in [-0.3, -0.25) is 0 Å². The molecule has 0 saturated heterocycles. The van der Waals surface area contributed by atoms with E-state index in [1.165, 1.54) is 0 Å². The van der Waals surface area contributed by atoms with Crippen molar-refractivity contribution >= 4 is 10.0 Å². The van der Waals surface area contributed by atoms with Gasteiger partial charge in [0.15, 0.2) is 0 Å². The van der Waals surface area contributed by atoms with E-state index in [0.29, 0.717) is 132 Å². The van der Waals surface area contributed by atoms with Gasteiger partial charge in [-0.1, -0.05) is 13.8 Å². The highest BCUT2D eigenvalue weighted by atomic mass is 28.3. The molecule has 0 amide bonds. The van der Waals surface area contributed by atoms with E-state index in [0.717, 1.165) is 26.1 Å². The van der Waals surface area contributed by atoms with Crippen LogP contribution in [-0.2, 0) is 56.2 Å². The molecule has 12 nitrogen and oxygen atoms in total. The zero-order chi connectivity index (χ0) is 28.2. The highest BCUT2D eigenvalue weighted by Gasteiger charge is 1.96. The van der Waals surface area contributed by atoms with E-state index < -0.39 is 10.0 Å². The second-order valence-electron chi connectivity index (χ2n) is 8.06. The lowest BCUT2D eigenvalue weighted by molar-refractivity contribution is -0.0143. The lowest BCUT2D eigenvalue weighted by atomic mass is 10.5. The molecule has 0 atom stereocenters. The molecule has 0 aromatic rings. The first-order valence-electron chi connectivity index (χ1n) is 14.3. The molecule has 0 aromatic carbocycles. The van der Waals surface area contributed by atoms with Crippen LogP contribution in [0.2, 0.25) is 0 Å². The summed E-state index contributed by atoms with van der Waals surface area (Å²) in [4.78, 5) is 0. The normalized spacial score (nSPS) is 11.5. The molecule has 0 unspecified atom stereocenters. The zero-order valence-corrected chi connectivity index (χ0v) is 26.0. The fraction of sp³-hybridized carbons (Fsp3) is 1.00. The lowest BCUT2D eigenvalue weighted by Gasteiger charge is -2.09. The molecule has 0 fully saturated rings. The van der Waals surface area contributed by atoms with Gasteiger partial charge in [-0.2, -0.15) is 0 Å². The van der Waals surface area contributed by atoms with Crippen LogP contribution in [0.4, 0.5) is 0 Å². The first kappa shape index (κ1) is 38.7. The zero-order valence-electron chi connectivity index (χ0n) is 24.6. The Balaban J connectivity index is 3.01. The maximum atomic E-state index is 5.48. The molecule has 13 heteroatoms. The molecule has 0 radical (unpaired) electrons. The summed E-state index contributed by atoms with van der Waals surface area (Å²) >= 11 is 0. The van der Waals surface area contributed by atoms with E-state index in [1.807, 2.05) is 0 Å². The van der Waals surface area contributed by atoms with Crippen LogP contribution >= 0.6 is 0 Å². The number of ether oxygens (including phenoxy) is 10. The summed E-state index contributed by atoms with van der Waals surface area (Å²) < 4.78 is 65.1. The predicted octanol–water partition coefficient (Wildman–Crippen LogP) is 1.00. The van der Waals surface area contributed by atoms with E-state index in [1.54, 1.807) is 0 Å². The molecule has 0 aromatic heterocycles. The number of hydrogen-bond donors (Lipinski definition) is 0. The Morgan fingerprint density at radius 2 is 0.436 bits per heavy atom. The van der Waals surface area contributed by atoms with Gasteiger partial charge in [0.1, 0.15) is 0 Å². The van der Waals surface area contributed by atoms with Gasteiger partial charge in [0, 0.05) is 13.2 Å². The van der Waals surface area contributed by atoms with Crippen molar-refractivity contribution in [1.82, 2.24) is 0 Å². The topological polar surface area (TPSA) is 111 Å². The highest BCUT2D eigenvalue weighted by molar-refractivity contribution is 6.17. The van der Waals surface area contributed by atoms with Crippen LogP contribution < -0.4 is 0 Å². The summed E-state index contributed by atoms with van der Waals surface area (Å²) in [5.41, 5.74) is 0. The van der Waals surface area contributed by atoms with Gasteiger partial charge in [-0.05, 0) is 12.8 Å². The van der Waals surface area contributed by atoms with E-state index in [-0.39, 0.29) is 0 Å². The van der Waals surface area contributed by atoms with Crippen molar-refractivity contribution in [3.8, 4) is 0 Å². The van der Waals surface area contributed by atoms with Crippen molar-refractivity contribution in [2.75, 3.05) is 145 Å². The molecule has 0 bridgehead atoms. The molecule has 0 spiro atoms. The van der Waals surface area contributed by atoms with Crippen LogP contribution in [0.5, 0.6) is 0 Å². The van der Waals surface area contributed by atoms with E-state index in [2.05, 4.69) is 13.8 Å². The van der Waals surface area contributed by atoms with E-state index in [4.69, 9.17) is 56.2 Å². The minimum Gasteiger partial charge on any atom is -0.396 e. The highest BCUT2D eigenvalue weighted by Crippen LogP contribution is 1.87. The van der Waals surface area contributed by atoms with Gasteiger partial charge >= 0.3 is 10.0 Å². The molecule has 0 rings (SSSR count). The van der Waals surface area contributed by atoms with Gasteiger partial charge in [0.25, 0.3) is 0 Å². The standard InChI is InChI=1S/C26H56O12Si/c1-3-5-27-7-9-29-11-13-31-15-17-33-19-21-35-23-25-37-39-38-26-24-36-22-20-34-18-16-32-14-12-30-10-8-28-6-4-2/h3-26,39H2,1-2H3. The second-order valence-corrected chi connectivity index (χ2v) is 9.11. The van der Waals surface area contributed by atoms with Gasteiger partial charge in [-0.15, -0.1) is 0 Å². The number of rotatable bonds is 36. The molecular formula is C26H56O12Si. The minimum absolute atomic E-state index is 0.522. The summed E-state index contributed by atoms with van der Waals surface area (Å²) in [7, 11) is -1.01. The van der Waals surface area contributed by atoms with Gasteiger partial charge in [0.2, 0.25) is 0 Å². The fourth-order valence-electron chi connectivity index (χ4n) is 2.66. The molecule has 0 aliphatic carbocycles. The van der Waals surface area contributed by atoms with Crippen molar-refractivity contribution in [1.29, 1.82) is 0 Å². The summed E-state index contributed by atoms with van der Waals surface area (Å²) in [6, 6.07) is 0. The van der Waals surface area contributed by atoms with Gasteiger partial charge in [-0.25, -0.2) is 0 Å². The Bertz CT molecular complexity index is 390. The molecule has 39 heavy (non-hydrogen) atoms. The third kappa shape index (κ3) is 37.7. The van der Waals surface area contributed by atoms with Gasteiger partial charge in [0.05, 0.1) is 132 Å². The molecule has 0 saturated carbocycles. The smallest absolute Gasteiger partial charge is 0.304 e. The second kappa shape index (κ2) is 37.7. The Labute approximate surface area is 238 Å². The summed E-state index contributed by atoms with van der Waals surface area (Å²) in [6.45, 7) is 16.8. The average Bonchev–Trinajstić information content (AvgIpc) is 2.95. The molecule has 0 heterocycles. The minimum atomic E-state index is -1.01.